The third-order valence-electron chi connectivity index (χ3n) is 4.86. The average molecular weight is 419 g/mol. The first-order valence-electron chi connectivity index (χ1n) is 9.24. The number of alkyl halides is 3. The first-order valence-corrected chi connectivity index (χ1v) is 9.24. The third-order valence-corrected chi connectivity index (χ3v) is 4.86. The van der Waals surface area contributed by atoms with Crippen molar-refractivity contribution in [2.75, 3.05) is 0 Å². The van der Waals surface area contributed by atoms with Gasteiger partial charge in [-0.1, -0.05) is 13.0 Å². The molecule has 3 aromatic rings. The van der Waals surface area contributed by atoms with E-state index in [0.717, 1.165) is 22.6 Å². The smallest absolute Gasteiger partial charge is 0.363 e. The number of aromatic nitrogens is 3. The second-order valence-corrected chi connectivity index (χ2v) is 6.79. The summed E-state index contributed by atoms with van der Waals surface area (Å²) in [7, 11) is 0. The quantitative estimate of drug-likeness (QED) is 0.635. The SMILES string of the molecule is CCC(=O)N1N=C(c2ccc(-n3ccc(C(F)(F)F)n3)c(F)c2)CC1c1ccc[nH]1. The van der Waals surface area contributed by atoms with Crippen LogP contribution in [0.3, 0.4) is 0 Å². The van der Waals surface area contributed by atoms with E-state index < -0.39 is 17.7 Å². The number of carbonyl (C=O) groups is 1. The Morgan fingerprint density at radius 3 is 2.67 bits per heavy atom. The maximum atomic E-state index is 14.7. The topological polar surface area (TPSA) is 66.3 Å². The van der Waals surface area contributed by atoms with Crippen LogP contribution in [0.1, 0.15) is 42.8 Å². The van der Waals surface area contributed by atoms with Crippen molar-refractivity contribution in [3.05, 3.63) is 71.6 Å². The molecule has 1 amide bonds. The number of halogens is 4. The van der Waals surface area contributed by atoms with Gasteiger partial charge in [0.25, 0.3) is 0 Å². The second kappa shape index (κ2) is 7.43. The van der Waals surface area contributed by atoms with Crippen LogP contribution < -0.4 is 0 Å². The summed E-state index contributed by atoms with van der Waals surface area (Å²) in [4.78, 5) is 15.4. The van der Waals surface area contributed by atoms with E-state index in [9.17, 15) is 22.4 Å². The van der Waals surface area contributed by atoms with Crippen LogP contribution in [0.15, 0.2) is 53.9 Å². The lowest BCUT2D eigenvalue weighted by Gasteiger charge is -2.20. The summed E-state index contributed by atoms with van der Waals surface area (Å²) in [6.45, 7) is 1.73. The molecule has 1 aliphatic rings. The summed E-state index contributed by atoms with van der Waals surface area (Å²) in [6, 6.07) is 8.20. The van der Waals surface area contributed by atoms with Gasteiger partial charge in [-0.3, -0.25) is 4.79 Å². The van der Waals surface area contributed by atoms with Gasteiger partial charge in [0.15, 0.2) is 5.69 Å². The van der Waals surface area contributed by atoms with Crippen LogP contribution >= 0.6 is 0 Å². The molecule has 1 unspecified atom stereocenters. The molecular weight excluding hydrogens is 402 g/mol. The largest absolute Gasteiger partial charge is 0.435 e. The minimum absolute atomic E-state index is 0.116. The van der Waals surface area contributed by atoms with Gasteiger partial charge in [0.05, 0.1) is 5.71 Å². The number of rotatable bonds is 4. The van der Waals surface area contributed by atoms with Gasteiger partial charge in [-0.15, -0.1) is 0 Å². The van der Waals surface area contributed by atoms with Gasteiger partial charge in [0, 0.05) is 36.5 Å². The van der Waals surface area contributed by atoms with Crippen LogP contribution in [-0.2, 0) is 11.0 Å². The molecule has 6 nitrogen and oxygen atoms in total. The second-order valence-electron chi connectivity index (χ2n) is 6.79. The Morgan fingerprint density at radius 2 is 2.07 bits per heavy atom. The van der Waals surface area contributed by atoms with Crippen LogP contribution in [0.25, 0.3) is 5.69 Å². The van der Waals surface area contributed by atoms with Crippen molar-refractivity contribution < 1.29 is 22.4 Å². The van der Waals surface area contributed by atoms with Crippen molar-refractivity contribution in [2.45, 2.75) is 32.0 Å². The van der Waals surface area contributed by atoms with Gasteiger partial charge in [-0.25, -0.2) is 14.1 Å². The zero-order valence-corrected chi connectivity index (χ0v) is 15.8. The fourth-order valence-electron chi connectivity index (χ4n) is 3.35. The summed E-state index contributed by atoms with van der Waals surface area (Å²) < 4.78 is 53.8. The van der Waals surface area contributed by atoms with Crippen molar-refractivity contribution in [1.29, 1.82) is 0 Å². The molecule has 0 saturated carbocycles. The minimum Gasteiger partial charge on any atom is -0.363 e. The van der Waals surface area contributed by atoms with E-state index in [-0.39, 0.29) is 24.1 Å². The zero-order chi connectivity index (χ0) is 21.5. The van der Waals surface area contributed by atoms with Crippen LogP contribution in [0.5, 0.6) is 0 Å². The van der Waals surface area contributed by atoms with Crippen molar-refractivity contribution in [1.82, 2.24) is 19.8 Å². The van der Waals surface area contributed by atoms with E-state index in [1.807, 2.05) is 12.1 Å². The first kappa shape index (κ1) is 19.9. The highest BCUT2D eigenvalue weighted by molar-refractivity contribution is 6.03. The molecule has 0 spiro atoms. The number of aromatic amines is 1. The molecule has 1 aromatic carbocycles. The summed E-state index contributed by atoms with van der Waals surface area (Å²) in [5, 5.41) is 9.17. The Bertz CT molecular complexity index is 1100. The molecule has 0 radical (unpaired) electrons. The molecular formula is C20H17F4N5O. The summed E-state index contributed by atoms with van der Waals surface area (Å²) >= 11 is 0. The minimum atomic E-state index is -4.61. The highest BCUT2D eigenvalue weighted by atomic mass is 19.4. The number of nitrogens with one attached hydrogen (secondary N) is 1. The Kier molecular flexibility index (Phi) is 4.92. The van der Waals surface area contributed by atoms with E-state index >= 15 is 0 Å². The number of H-pyrrole nitrogens is 1. The van der Waals surface area contributed by atoms with Gasteiger partial charge in [0.2, 0.25) is 5.91 Å². The van der Waals surface area contributed by atoms with Crippen LogP contribution in [0, 0.1) is 5.82 Å². The lowest BCUT2D eigenvalue weighted by molar-refractivity contribution is -0.141. The maximum absolute atomic E-state index is 14.7. The molecule has 4 rings (SSSR count). The fourth-order valence-corrected chi connectivity index (χ4v) is 3.35. The predicted molar refractivity (Wildman–Crippen MR) is 100 cm³/mol. The number of hydrazone groups is 1. The summed E-state index contributed by atoms with van der Waals surface area (Å²) in [5.41, 5.74) is 0.550. The number of hydrogen-bond donors (Lipinski definition) is 1. The number of carbonyl (C=O) groups excluding carboxylic acids is 1. The third kappa shape index (κ3) is 3.60. The number of amides is 1. The molecule has 0 bridgehead atoms. The van der Waals surface area contributed by atoms with Crippen molar-refractivity contribution >= 4 is 11.6 Å². The predicted octanol–water partition coefficient (Wildman–Crippen LogP) is 4.45. The zero-order valence-electron chi connectivity index (χ0n) is 15.8. The van der Waals surface area contributed by atoms with Crippen LogP contribution in [0.2, 0.25) is 0 Å². The molecule has 0 aliphatic carbocycles. The van der Waals surface area contributed by atoms with Crippen LogP contribution in [0.4, 0.5) is 17.6 Å². The van der Waals surface area contributed by atoms with E-state index in [1.54, 1.807) is 19.2 Å². The van der Waals surface area contributed by atoms with E-state index in [0.29, 0.717) is 17.7 Å². The normalized spacial score (nSPS) is 16.8. The van der Waals surface area contributed by atoms with Crippen LogP contribution in [-0.4, -0.2) is 31.4 Å². The van der Waals surface area contributed by atoms with Gasteiger partial charge >= 0.3 is 6.18 Å². The lowest BCUT2D eigenvalue weighted by atomic mass is 10.0. The highest BCUT2D eigenvalue weighted by Gasteiger charge is 2.34. The van der Waals surface area contributed by atoms with Crippen molar-refractivity contribution in [3.8, 4) is 5.69 Å². The van der Waals surface area contributed by atoms with Gasteiger partial charge in [-0.05, 0) is 30.3 Å². The van der Waals surface area contributed by atoms with Crippen molar-refractivity contribution in [2.24, 2.45) is 5.10 Å². The molecule has 3 heterocycles. The first-order chi connectivity index (χ1) is 14.3. The maximum Gasteiger partial charge on any atom is 0.435 e. The molecule has 156 valence electrons. The van der Waals surface area contributed by atoms with E-state index in [2.05, 4.69) is 15.2 Å². The number of nitrogens with zero attached hydrogens (tertiary/aromatic N) is 4. The molecule has 0 saturated heterocycles. The molecule has 30 heavy (non-hydrogen) atoms. The van der Waals surface area contributed by atoms with Crippen molar-refractivity contribution in [3.63, 3.8) is 0 Å². The Morgan fingerprint density at radius 1 is 1.27 bits per heavy atom. The van der Waals surface area contributed by atoms with Gasteiger partial charge in [0.1, 0.15) is 17.5 Å². The molecule has 2 aromatic heterocycles. The monoisotopic (exact) mass is 419 g/mol. The molecule has 1 N–H and O–H groups in total. The molecule has 1 aliphatic heterocycles. The number of hydrogen-bond acceptors (Lipinski definition) is 3. The van der Waals surface area contributed by atoms with Gasteiger partial charge in [-0.2, -0.15) is 23.4 Å². The highest BCUT2D eigenvalue weighted by Crippen LogP contribution is 2.33. The van der Waals surface area contributed by atoms with E-state index in [1.165, 1.54) is 17.1 Å². The molecule has 0 fully saturated rings. The summed E-state index contributed by atoms with van der Waals surface area (Å²) in [5.74, 6) is -0.915. The summed E-state index contributed by atoms with van der Waals surface area (Å²) in [6.07, 6.45) is -1.16. The Balaban J connectivity index is 1.64. The van der Waals surface area contributed by atoms with Gasteiger partial charge < -0.3 is 4.98 Å². The molecule has 10 heteroatoms. The fraction of sp³-hybridized carbons (Fsp3) is 0.250. The Labute approximate surface area is 168 Å². The standard InChI is InChI=1S/C20H17F4N5O/c1-2-19(30)29-17(14-4-3-8-25-14)11-15(26-29)12-5-6-16(13(21)10-12)28-9-7-18(27-28)20(22,23)24/h3-10,17,25H,2,11H2,1H3. The Hall–Kier alpha value is -3.43. The van der Waals surface area contributed by atoms with E-state index in [4.69, 9.17) is 0 Å². The average Bonchev–Trinajstić information content (AvgIpc) is 3.46. The molecule has 1 atom stereocenters. The lowest BCUT2D eigenvalue weighted by Crippen LogP contribution is -2.26. The number of benzene rings is 1.